The van der Waals surface area contributed by atoms with Gasteiger partial charge in [0.1, 0.15) is 0 Å². The summed E-state index contributed by atoms with van der Waals surface area (Å²) in [4.78, 5) is 11.8. The maximum absolute atomic E-state index is 6.00. The first-order chi connectivity index (χ1) is 12.4. The molecular weight excluding hydrogens is 344 g/mol. The summed E-state index contributed by atoms with van der Waals surface area (Å²) in [5, 5.41) is 7.45. The lowest BCUT2D eigenvalue weighted by atomic mass is 10.1. The van der Waals surface area contributed by atoms with E-state index in [0.29, 0.717) is 11.1 Å². The summed E-state index contributed by atoms with van der Waals surface area (Å²) in [6.45, 7) is 6.01. The smallest absolute Gasteiger partial charge is 0.310 e. The van der Waals surface area contributed by atoms with Crippen molar-refractivity contribution >= 4 is 45.8 Å². The predicted octanol–water partition coefficient (Wildman–Crippen LogP) is 1.76. The zero-order valence-electron chi connectivity index (χ0n) is 14.9. The molecule has 7 heteroatoms. The van der Waals surface area contributed by atoms with E-state index in [2.05, 4.69) is 31.7 Å². The zero-order valence-corrected chi connectivity index (χ0v) is 15.7. The number of hydrogen-bond acceptors (Lipinski definition) is 3. The van der Waals surface area contributed by atoms with Gasteiger partial charge >= 0.3 is 5.96 Å². The number of nitrogens with two attached hydrogens (primary N) is 1. The number of benzene rings is 2. The highest BCUT2D eigenvalue weighted by Gasteiger charge is 2.09. The lowest BCUT2D eigenvalue weighted by Gasteiger charge is -2.06. The number of nitrogens with one attached hydrogen (secondary N) is 3. The van der Waals surface area contributed by atoms with Gasteiger partial charge in [0.05, 0.1) is 16.9 Å². The third-order valence-corrected chi connectivity index (χ3v) is 4.02. The van der Waals surface area contributed by atoms with Crippen LogP contribution in [0.15, 0.2) is 42.5 Å². The molecule has 0 saturated carbocycles. The molecule has 1 aromatic heterocycles. The van der Waals surface area contributed by atoms with E-state index in [1.165, 1.54) is 5.56 Å². The number of nitrogens with zero attached hydrogens (tertiary/aromatic N) is 2. The van der Waals surface area contributed by atoms with Crippen LogP contribution in [-0.4, -0.2) is 21.0 Å². The second-order valence-corrected chi connectivity index (χ2v) is 6.55. The fraction of sp³-hybridized carbons (Fsp3) is 0.158. The molecule has 0 amide bonds. The van der Waals surface area contributed by atoms with Crippen molar-refractivity contribution in [2.45, 2.75) is 20.8 Å². The average Bonchev–Trinajstić information content (AvgIpc) is 2.55. The number of rotatable bonds is 2. The Bertz CT molecular complexity index is 1010. The van der Waals surface area contributed by atoms with Gasteiger partial charge in [0.2, 0.25) is 0 Å². The molecular formula is C19H21N6S+. The van der Waals surface area contributed by atoms with E-state index < -0.39 is 0 Å². The maximum atomic E-state index is 6.00. The van der Waals surface area contributed by atoms with Crippen LogP contribution in [0.25, 0.3) is 10.9 Å². The summed E-state index contributed by atoms with van der Waals surface area (Å²) in [7, 11) is 0. The quantitative estimate of drug-likeness (QED) is 0.314. The van der Waals surface area contributed by atoms with E-state index in [9.17, 15) is 0 Å². The van der Waals surface area contributed by atoms with Gasteiger partial charge in [0, 0.05) is 5.39 Å². The van der Waals surface area contributed by atoms with Gasteiger partial charge in [-0.15, -0.1) is 0 Å². The van der Waals surface area contributed by atoms with E-state index in [1.807, 2.05) is 57.2 Å². The molecule has 6 nitrogen and oxygen atoms in total. The Hall–Kier alpha value is -3.06. The minimum absolute atomic E-state index is 0.251. The van der Waals surface area contributed by atoms with Crippen molar-refractivity contribution in [1.29, 1.82) is 0 Å². The highest BCUT2D eigenvalue weighted by molar-refractivity contribution is 7.80. The van der Waals surface area contributed by atoms with Gasteiger partial charge < -0.3 is 5.73 Å². The first kappa shape index (κ1) is 17.8. The summed E-state index contributed by atoms with van der Waals surface area (Å²) >= 11 is 5.29. The molecule has 0 atom stereocenters. The Labute approximate surface area is 157 Å². The van der Waals surface area contributed by atoms with Gasteiger partial charge in [-0.1, -0.05) is 23.8 Å². The van der Waals surface area contributed by atoms with Crippen LogP contribution in [0.1, 0.15) is 16.8 Å². The Morgan fingerprint density at radius 3 is 2.54 bits per heavy atom. The average molecular weight is 365 g/mol. The molecule has 132 valence electrons. The van der Waals surface area contributed by atoms with Crippen molar-refractivity contribution in [1.82, 2.24) is 9.97 Å². The lowest BCUT2D eigenvalue weighted by molar-refractivity contribution is -0.311. The van der Waals surface area contributed by atoms with Crippen LogP contribution in [-0.2, 0) is 0 Å². The summed E-state index contributed by atoms with van der Waals surface area (Å²) < 4.78 is 0. The van der Waals surface area contributed by atoms with Crippen LogP contribution in [0.4, 0.5) is 11.6 Å². The van der Waals surface area contributed by atoms with Crippen molar-refractivity contribution in [3.63, 3.8) is 0 Å². The lowest BCUT2D eigenvalue weighted by Crippen LogP contribution is -2.82. The van der Waals surface area contributed by atoms with E-state index >= 15 is 0 Å². The van der Waals surface area contributed by atoms with Crippen LogP contribution in [0.5, 0.6) is 0 Å². The van der Waals surface area contributed by atoms with Gasteiger partial charge in [-0.05, 0) is 62.8 Å². The van der Waals surface area contributed by atoms with Crippen LogP contribution >= 0.6 is 12.2 Å². The molecule has 5 N–H and O–H groups in total. The molecule has 0 radical (unpaired) electrons. The van der Waals surface area contributed by atoms with Crippen molar-refractivity contribution in [3.8, 4) is 0 Å². The van der Waals surface area contributed by atoms with Crippen LogP contribution in [0, 0.1) is 20.8 Å². The number of aromatic nitrogens is 2. The number of guanidine groups is 1. The molecule has 3 rings (SSSR count). The molecule has 0 saturated heterocycles. The van der Waals surface area contributed by atoms with Gasteiger partial charge in [0.15, 0.2) is 0 Å². The minimum Gasteiger partial charge on any atom is -0.310 e. The molecule has 2 aromatic carbocycles. The first-order valence-corrected chi connectivity index (χ1v) is 8.60. The van der Waals surface area contributed by atoms with Crippen molar-refractivity contribution in [2.24, 2.45) is 5.73 Å². The molecule has 0 unspecified atom stereocenters. The molecule has 26 heavy (non-hydrogen) atoms. The molecule has 0 aliphatic rings. The standard InChI is InChI=1S/C19H20N6S/c1-11-5-4-6-14(9-11)22-19(26)25-17(20)24-18-21-13(3)15-10-12(2)7-8-16(15)23-18/h4-10H,1-3H3,(H4,20,21,22,23,24,25,26)/p+1. The predicted molar refractivity (Wildman–Crippen MR) is 110 cm³/mol. The van der Waals surface area contributed by atoms with Crippen molar-refractivity contribution < 1.29 is 4.99 Å². The highest BCUT2D eigenvalue weighted by Crippen LogP contribution is 2.18. The van der Waals surface area contributed by atoms with E-state index in [4.69, 9.17) is 18.0 Å². The second kappa shape index (κ2) is 7.45. The van der Waals surface area contributed by atoms with Gasteiger partial charge in [-0.2, -0.15) is 0 Å². The summed E-state index contributed by atoms with van der Waals surface area (Å²) in [6.07, 6.45) is 0. The molecule has 0 aliphatic carbocycles. The normalized spacial score (nSPS) is 11.4. The topological polar surface area (TPSA) is 89.8 Å². The van der Waals surface area contributed by atoms with E-state index in [0.717, 1.165) is 27.8 Å². The fourth-order valence-electron chi connectivity index (χ4n) is 2.61. The van der Waals surface area contributed by atoms with Crippen LogP contribution < -0.4 is 21.4 Å². The summed E-state index contributed by atoms with van der Waals surface area (Å²) in [5.41, 5.74) is 10.9. The summed E-state index contributed by atoms with van der Waals surface area (Å²) in [6, 6.07) is 14.0. The molecule has 1 heterocycles. The Morgan fingerprint density at radius 2 is 1.77 bits per heavy atom. The number of hydrogen-bond donors (Lipinski definition) is 4. The molecule has 0 bridgehead atoms. The molecule has 3 aromatic rings. The maximum Gasteiger partial charge on any atom is 0.312 e. The number of aryl methyl sites for hydroxylation is 3. The monoisotopic (exact) mass is 365 g/mol. The number of fused-ring (bicyclic) bond motifs is 1. The first-order valence-electron chi connectivity index (χ1n) is 8.20. The van der Waals surface area contributed by atoms with Crippen molar-refractivity contribution in [3.05, 3.63) is 59.3 Å². The zero-order chi connectivity index (χ0) is 18.7. The highest BCUT2D eigenvalue weighted by atomic mass is 32.1. The largest absolute Gasteiger partial charge is 0.312 e. The van der Waals surface area contributed by atoms with Gasteiger partial charge in [-0.25, -0.2) is 20.3 Å². The van der Waals surface area contributed by atoms with Crippen LogP contribution in [0.2, 0.25) is 0 Å². The summed E-state index contributed by atoms with van der Waals surface area (Å²) in [5.74, 6) is 0.670. The van der Waals surface area contributed by atoms with Gasteiger partial charge in [-0.3, -0.25) is 5.32 Å². The van der Waals surface area contributed by atoms with Crippen LogP contribution in [0.3, 0.4) is 0 Å². The third kappa shape index (κ3) is 4.31. The Balaban J connectivity index is 1.75. The van der Waals surface area contributed by atoms with E-state index in [1.54, 1.807) is 0 Å². The SMILES string of the molecule is Cc1cccc(NC(=S)[NH+]=C(N)Nc2nc(C)c3cc(C)ccc3n2)c1. The Morgan fingerprint density at radius 1 is 1.00 bits per heavy atom. The minimum atomic E-state index is 0.251. The molecule has 0 fully saturated rings. The fourth-order valence-corrected chi connectivity index (χ4v) is 2.84. The van der Waals surface area contributed by atoms with Crippen molar-refractivity contribution in [2.75, 3.05) is 10.6 Å². The van der Waals surface area contributed by atoms with Gasteiger partial charge in [0.25, 0.3) is 11.1 Å². The Kier molecular flexibility index (Phi) is 5.09. The van der Waals surface area contributed by atoms with E-state index in [-0.39, 0.29) is 5.96 Å². The molecule has 0 spiro atoms. The second-order valence-electron chi connectivity index (χ2n) is 6.14. The third-order valence-electron chi connectivity index (χ3n) is 3.81. The number of thiocarbonyl (C=S) groups is 1. The number of anilines is 2. The molecule has 0 aliphatic heterocycles.